The van der Waals surface area contributed by atoms with Crippen LogP contribution in [0.1, 0.15) is 79.4 Å². The van der Waals surface area contributed by atoms with Crippen molar-refractivity contribution in [3.05, 3.63) is 75.5 Å². The van der Waals surface area contributed by atoms with Gasteiger partial charge in [-0.15, -0.1) is 0 Å². The second-order valence-corrected chi connectivity index (χ2v) is 17.0. The van der Waals surface area contributed by atoms with Crippen LogP contribution in [0, 0.1) is 17.7 Å². The van der Waals surface area contributed by atoms with E-state index >= 15 is 4.39 Å². The van der Waals surface area contributed by atoms with E-state index in [0.29, 0.717) is 87.5 Å². The summed E-state index contributed by atoms with van der Waals surface area (Å²) < 4.78 is 26.8. The summed E-state index contributed by atoms with van der Waals surface area (Å²) in [7, 11) is 0. The molecule has 0 radical (unpaired) electrons. The highest BCUT2D eigenvalue weighted by atomic mass is 19.1. The number of hydrogen-bond donors (Lipinski definition) is 2. The Hall–Kier alpha value is -4.73. The van der Waals surface area contributed by atoms with Gasteiger partial charge in [0.05, 0.1) is 54.5 Å². The van der Waals surface area contributed by atoms with E-state index in [1.54, 1.807) is 34.1 Å². The number of carbonyl (C=O) groups excluding carboxylic acids is 4. The third-order valence-electron chi connectivity index (χ3n) is 13.1. The Morgan fingerprint density at radius 2 is 1.47 bits per heavy atom. The average Bonchev–Trinajstić information content (AvgIpc) is 3.25. The molecule has 59 heavy (non-hydrogen) atoms. The molecule has 1 atom stereocenters. The first-order valence-electron chi connectivity index (χ1n) is 21.6. The highest BCUT2D eigenvalue weighted by molar-refractivity contribution is 5.95. The highest BCUT2D eigenvalue weighted by Crippen LogP contribution is 2.30. The molecule has 4 amide bonds. The predicted octanol–water partition coefficient (Wildman–Crippen LogP) is 3.12. The Morgan fingerprint density at radius 3 is 2.15 bits per heavy atom. The lowest BCUT2D eigenvalue weighted by Gasteiger charge is -2.40. The van der Waals surface area contributed by atoms with Crippen molar-refractivity contribution in [3.8, 4) is 0 Å². The smallest absolute Gasteiger partial charge is 0.272 e. The van der Waals surface area contributed by atoms with Crippen molar-refractivity contribution in [2.45, 2.75) is 82.5 Å². The molecule has 15 heteroatoms. The number of nitrogens with one attached hydrogen (secondary N) is 2. The first-order chi connectivity index (χ1) is 28.7. The van der Waals surface area contributed by atoms with Gasteiger partial charge in [-0.3, -0.25) is 28.9 Å². The van der Waals surface area contributed by atoms with Crippen molar-refractivity contribution >= 4 is 34.4 Å². The van der Waals surface area contributed by atoms with Gasteiger partial charge >= 0.3 is 0 Å². The van der Waals surface area contributed by atoms with Crippen LogP contribution in [0.2, 0.25) is 0 Å². The molecule has 2 N–H and O–H groups in total. The van der Waals surface area contributed by atoms with E-state index in [1.165, 1.54) is 12.5 Å². The predicted molar refractivity (Wildman–Crippen MR) is 217 cm³/mol. The minimum atomic E-state index is -0.606. The summed E-state index contributed by atoms with van der Waals surface area (Å²) in [6.07, 6.45) is 9.00. The van der Waals surface area contributed by atoms with Crippen molar-refractivity contribution in [1.82, 2.24) is 35.1 Å². The van der Waals surface area contributed by atoms with Crippen LogP contribution in [0.25, 0.3) is 10.8 Å². The topological polar surface area (TPSA) is 157 Å². The number of aromatic nitrogens is 2. The van der Waals surface area contributed by atoms with E-state index in [2.05, 4.69) is 20.4 Å². The molecule has 3 aromatic rings. The number of nitrogens with zero attached hydrogens (tertiary/aromatic N) is 5. The van der Waals surface area contributed by atoms with Gasteiger partial charge in [-0.2, -0.15) is 5.10 Å². The normalized spacial score (nSPS) is 21.0. The van der Waals surface area contributed by atoms with Crippen LogP contribution in [-0.2, 0) is 30.3 Å². The third-order valence-corrected chi connectivity index (χ3v) is 13.1. The van der Waals surface area contributed by atoms with Gasteiger partial charge in [0.2, 0.25) is 17.7 Å². The molecule has 1 unspecified atom stereocenters. The van der Waals surface area contributed by atoms with Crippen LogP contribution < -0.4 is 10.9 Å². The molecule has 1 aliphatic carbocycles. The molecule has 14 nitrogen and oxygen atoms in total. The van der Waals surface area contributed by atoms with Gasteiger partial charge in [0.15, 0.2) is 0 Å². The molecule has 4 aliphatic heterocycles. The van der Waals surface area contributed by atoms with E-state index in [4.69, 9.17) is 9.47 Å². The van der Waals surface area contributed by atoms with Crippen LogP contribution in [-0.4, -0.2) is 144 Å². The lowest BCUT2D eigenvalue weighted by atomic mass is 9.82. The van der Waals surface area contributed by atoms with E-state index in [9.17, 15) is 24.0 Å². The maximum Gasteiger partial charge on any atom is 0.272 e. The molecule has 0 spiro atoms. The number of H-pyrrole nitrogens is 1. The molecule has 0 bridgehead atoms. The van der Waals surface area contributed by atoms with Gasteiger partial charge in [-0.05, 0) is 68.2 Å². The number of ether oxygens (including phenoxy) is 2. The van der Waals surface area contributed by atoms with E-state index in [1.807, 2.05) is 17.0 Å². The Morgan fingerprint density at radius 1 is 0.814 bits per heavy atom. The SMILES string of the molecule is O=C(NC(C(=O)N1CCC(OC2CCN(CC(=O)N3CCN(C(=O)c4cc(Cc5n[nH]c(=O)c6ccccc56)ccc4F)CC3)CC2)CC1)C1CCCCC1)C1COC1. The van der Waals surface area contributed by atoms with Crippen molar-refractivity contribution in [3.63, 3.8) is 0 Å². The summed E-state index contributed by atoms with van der Waals surface area (Å²) in [6, 6.07) is 11.2. The summed E-state index contributed by atoms with van der Waals surface area (Å²) in [5.74, 6) is -0.994. The van der Waals surface area contributed by atoms with E-state index in [-0.39, 0.29) is 52.9 Å². The first-order valence-corrected chi connectivity index (χ1v) is 21.6. The van der Waals surface area contributed by atoms with Crippen LogP contribution in [0.4, 0.5) is 4.39 Å². The molecule has 5 aliphatic rings. The van der Waals surface area contributed by atoms with Gasteiger partial charge in [0.25, 0.3) is 11.5 Å². The number of benzene rings is 2. The Labute approximate surface area is 343 Å². The number of likely N-dealkylation sites (tertiary alicyclic amines) is 2. The maximum atomic E-state index is 15.0. The minimum absolute atomic E-state index is 0.0195. The molecule has 5 fully saturated rings. The molecule has 4 saturated heterocycles. The number of fused-ring (bicyclic) bond motifs is 1. The van der Waals surface area contributed by atoms with Gasteiger partial charge in [-0.1, -0.05) is 43.5 Å². The minimum Gasteiger partial charge on any atom is -0.380 e. The van der Waals surface area contributed by atoms with Crippen molar-refractivity contribution in [2.24, 2.45) is 11.8 Å². The van der Waals surface area contributed by atoms with Gasteiger partial charge in [-0.25, -0.2) is 9.49 Å². The fourth-order valence-electron chi connectivity index (χ4n) is 9.36. The molecule has 316 valence electrons. The van der Waals surface area contributed by atoms with Crippen molar-refractivity contribution < 1.29 is 33.0 Å². The zero-order valence-corrected chi connectivity index (χ0v) is 33.7. The van der Waals surface area contributed by atoms with Gasteiger partial charge < -0.3 is 29.5 Å². The molecule has 2 aromatic carbocycles. The largest absolute Gasteiger partial charge is 0.380 e. The van der Waals surface area contributed by atoms with Crippen molar-refractivity contribution in [1.29, 1.82) is 0 Å². The molecule has 1 saturated carbocycles. The molecular weight excluding hydrogens is 758 g/mol. The average molecular weight is 814 g/mol. The quantitative estimate of drug-likeness (QED) is 0.297. The lowest BCUT2D eigenvalue weighted by molar-refractivity contribution is -0.147. The lowest BCUT2D eigenvalue weighted by Crippen LogP contribution is -2.57. The number of aromatic amines is 1. The highest BCUT2D eigenvalue weighted by Gasteiger charge is 2.38. The van der Waals surface area contributed by atoms with E-state index in [0.717, 1.165) is 64.5 Å². The number of piperidine rings is 2. The van der Waals surface area contributed by atoms with Crippen LogP contribution in [0.5, 0.6) is 0 Å². The fraction of sp³-hybridized carbons (Fsp3) is 0.591. The van der Waals surface area contributed by atoms with Gasteiger partial charge in [0, 0.05) is 64.2 Å². The summed E-state index contributed by atoms with van der Waals surface area (Å²) >= 11 is 0. The Kier molecular flexibility index (Phi) is 13.0. The Bertz CT molecular complexity index is 2050. The van der Waals surface area contributed by atoms with Crippen LogP contribution >= 0.6 is 0 Å². The van der Waals surface area contributed by atoms with Crippen LogP contribution in [0.3, 0.4) is 0 Å². The fourth-order valence-corrected chi connectivity index (χ4v) is 9.36. The number of rotatable bonds is 11. The van der Waals surface area contributed by atoms with Crippen LogP contribution in [0.15, 0.2) is 47.3 Å². The number of hydrogen-bond acceptors (Lipinski definition) is 9. The summed E-state index contributed by atoms with van der Waals surface area (Å²) in [4.78, 5) is 73.2. The monoisotopic (exact) mass is 813 g/mol. The number of halogens is 1. The second-order valence-electron chi connectivity index (χ2n) is 17.0. The molecule has 1 aromatic heterocycles. The van der Waals surface area contributed by atoms with Crippen molar-refractivity contribution in [2.75, 3.05) is 72.1 Å². The summed E-state index contributed by atoms with van der Waals surface area (Å²) in [5, 5.41) is 11.1. The number of piperazine rings is 1. The van der Waals surface area contributed by atoms with Gasteiger partial charge in [0.1, 0.15) is 11.9 Å². The first kappa shape index (κ1) is 41.0. The molecule has 5 heterocycles. The number of amides is 4. The van der Waals surface area contributed by atoms with E-state index < -0.39 is 17.8 Å². The third kappa shape index (κ3) is 9.68. The Balaban J connectivity index is 0.756. The number of carbonyl (C=O) groups is 4. The molecular formula is C44H56FN7O7. The maximum absolute atomic E-state index is 15.0. The zero-order chi connectivity index (χ0) is 40.9. The standard InChI is InChI=1S/C44H56FN7O7/c45-37-11-10-29(25-38-34-8-4-5-9-35(34)42(55)48-47-38)24-36(37)43(56)52-22-20-50(21-23-52)39(53)26-49-16-12-32(13-17-49)59-33-14-18-51(19-15-33)44(57)40(30-6-2-1-3-7-30)46-41(54)31-27-58-28-31/h4-5,8-11,24,30-33,40H,1-3,6-7,12-23,25-28H2,(H,46,54)(H,48,55). The summed E-state index contributed by atoms with van der Waals surface area (Å²) in [6.45, 7) is 5.29. The zero-order valence-electron chi connectivity index (χ0n) is 33.7. The molecule has 8 rings (SSSR count). The second kappa shape index (κ2) is 18.7. The summed E-state index contributed by atoms with van der Waals surface area (Å²) in [5.41, 5.74) is 1.02.